The Labute approximate surface area is 83.1 Å². The molecular formula is C10H15NOS. The maximum absolute atomic E-state index is 11.5. The minimum atomic E-state index is 0.190. The maximum atomic E-state index is 11.5. The second-order valence-electron chi connectivity index (χ2n) is 3.04. The largest absolute Gasteiger partial charge is 0.359 e. The lowest BCUT2D eigenvalue weighted by Gasteiger charge is -2.05. The number of Topliss-reactive ketones (excluding diaryl/α,β-unsaturated/α-hetero) is 1. The number of carbonyl (C=O) groups excluding carboxylic acids is 1. The van der Waals surface area contributed by atoms with Gasteiger partial charge in [-0.05, 0) is 18.6 Å². The summed E-state index contributed by atoms with van der Waals surface area (Å²) in [6.45, 7) is 4.28. The molecule has 0 aliphatic heterocycles. The normalized spacial score (nSPS) is 12.8. The van der Waals surface area contributed by atoms with Gasteiger partial charge >= 0.3 is 0 Å². The molecule has 0 aliphatic rings. The number of carbonyl (C=O) groups is 1. The predicted molar refractivity (Wildman–Crippen MR) is 57.3 cm³/mol. The summed E-state index contributed by atoms with van der Waals surface area (Å²) in [6, 6.07) is 3.67. The van der Waals surface area contributed by atoms with Gasteiger partial charge in [-0.2, -0.15) is 11.8 Å². The summed E-state index contributed by atoms with van der Waals surface area (Å²) < 4.78 is 0. The third-order valence-electron chi connectivity index (χ3n) is 1.97. The summed E-state index contributed by atoms with van der Waals surface area (Å²) in [4.78, 5) is 14.4. The van der Waals surface area contributed by atoms with E-state index in [1.165, 1.54) is 0 Å². The molecule has 1 atom stereocenters. The lowest BCUT2D eigenvalue weighted by Crippen LogP contribution is -2.06. The molecule has 3 heteroatoms. The molecule has 0 saturated carbocycles. The van der Waals surface area contributed by atoms with Gasteiger partial charge in [-0.15, -0.1) is 0 Å². The molecule has 1 rings (SSSR count). The average Bonchev–Trinajstić information content (AvgIpc) is 2.66. The van der Waals surface area contributed by atoms with Crippen LogP contribution in [0.15, 0.2) is 18.3 Å². The first-order valence-corrected chi connectivity index (χ1v) is 5.57. The highest BCUT2D eigenvalue weighted by molar-refractivity contribution is 8.00. The highest BCUT2D eigenvalue weighted by atomic mass is 32.2. The summed E-state index contributed by atoms with van der Waals surface area (Å²) in [6.07, 6.45) is 2.89. The Morgan fingerprint density at radius 3 is 3.00 bits per heavy atom. The Hall–Kier alpha value is -0.700. The van der Waals surface area contributed by atoms with E-state index in [1.54, 1.807) is 18.0 Å². The highest BCUT2D eigenvalue weighted by Crippen LogP contribution is 2.14. The first-order chi connectivity index (χ1) is 6.24. The average molecular weight is 197 g/mol. The number of nitrogens with one attached hydrogen (secondary N) is 1. The third kappa shape index (κ3) is 3.27. The van der Waals surface area contributed by atoms with Gasteiger partial charge in [0.1, 0.15) is 0 Å². The van der Waals surface area contributed by atoms with Crippen molar-refractivity contribution in [3.05, 3.63) is 24.0 Å². The van der Waals surface area contributed by atoms with Crippen molar-refractivity contribution in [2.45, 2.75) is 25.5 Å². The third-order valence-corrected chi connectivity index (χ3v) is 3.30. The van der Waals surface area contributed by atoms with Crippen molar-refractivity contribution in [1.29, 1.82) is 0 Å². The van der Waals surface area contributed by atoms with E-state index in [4.69, 9.17) is 0 Å². The Kier molecular flexibility index (Phi) is 4.09. The Balaban J connectivity index is 2.35. The Morgan fingerprint density at radius 1 is 1.69 bits per heavy atom. The fourth-order valence-corrected chi connectivity index (χ4v) is 1.74. The van der Waals surface area contributed by atoms with E-state index >= 15 is 0 Å². The fraction of sp³-hybridized carbons (Fsp3) is 0.500. The van der Waals surface area contributed by atoms with Gasteiger partial charge in [0.15, 0.2) is 5.78 Å². The molecule has 0 amide bonds. The van der Waals surface area contributed by atoms with E-state index in [9.17, 15) is 4.79 Å². The monoisotopic (exact) mass is 197 g/mol. The van der Waals surface area contributed by atoms with Gasteiger partial charge in [0.05, 0.1) is 11.4 Å². The number of hydrogen-bond acceptors (Lipinski definition) is 2. The van der Waals surface area contributed by atoms with Gasteiger partial charge < -0.3 is 4.98 Å². The quantitative estimate of drug-likeness (QED) is 0.736. The molecule has 0 radical (unpaired) electrons. The molecular weight excluding hydrogens is 182 g/mol. The zero-order valence-electron chi connectivity index (χ0n) is 8.04. The van der Waals surface area contributed by atoms with Crippen LogP contribution in [-0.4, -0.2) is 21.8 Å². The fourth-order valence-electron chi connectivity index (χ4n) is 0.917. The van der Waals surface area contributed by atoms with E-state index in [0.717, 1.165) is 12.1 Å². The van der Waals surface area contributed by atoms with Gasteiger partial charge in [-0.25, -0.2) is 0 Å². The van der Waals surface area contributed by atoms with Crippen LogP contribution in [-0.2, 0) is 0 Å². The number of thioether (sulfide) groups is 1. The molecule has 0 aliphatic carbocycles. The highest BCUT2D eigenvalue weighted by Gasteiger charge is 2.08. The van der Waals surface area contributed by atoms with Crippen molar-refractivity contribution in [1.82, 2.24) is 4.98 Å². The first kappa shape index (κ1) is 10.4. The zero-order valence-corrected chi connectivity index (χ0v) is 8.86. The van der Waals surface area contributed by atoms with Crippen molar-refractivity contribution >= 4 is 17.5 Å². The summed E-state index contributed by atoms with van der Waals surface area (Å²) in [5.74, 6) is 0.769. The molecule has 2 nitrogen and oxygen atoms in total. The minimum Gasteiger partial charge on any atom is -0.359 e. The van der Waals surface area contributed by atoms with Crippen molar-refractivity contribution in [3.63, 3.8) is 0 Å². The second kappa shape index (κ2) is 5.12. The molecule has 0 bridgehead atoms. The van der Waals surface area contributed by atoms with E-state index in [0.29, 0.717) is 11.0 Å². The molecule has 1 aromatic heterocycles. The molecule has 0 aromatic carbocycles. The van der Waals surface area contributed by atoms with E-state index in [-0.39, 0.29) is 5.78 Å². The molecule has 0 spiro atoms. The van der Waals surface area contributed by atoms with E-state index in [1.807, 2.05) is 12.1 Å². The number of H-pyrrole nitrogens is 1. The zero-order chi connectivity index (χ0) is 9.68. The van der Waals surface area contributed by atoms with Gasteiger partial charge in [-0.3, -0.25) is 4.79 Å². The number of aromatic nitrogens is 1. The molecule has 0 saturated heterocycles. The minimum absolute atomic E-state index is 0.190. The number of rotatable bonds is 5. The number of aromatic amines is 1. The standard InChI is InChI=1S/C10H15NOS/c1-3-8(2)13-7-10(12)9-5-4-6-11-9/h4-6,8,11H,3,7H2,1-2H3. The number of hydrogen-bond donors (Lipinski definition) is 1. The molecule has 13 heavy (non-hydrogen) atoms. The van der Waals surface area contributed by atoms with Crippen LogP contribution in [0.25, 0.3) is 0 Å². The Bertz CT molecular complexity index is 256. The predicted octanol–water partition coefficient (Wildman–Crippen LogP) is 2.73. The van der Waals surface area contributed by atoms with Crippen LogP contribution in [0, 0.1) is 0 Å². The van der Waals surface area contributed by atoms with Gasteiger partial charge in [-0.1, -0.05) is 13.8 Å². The summed E-state index contributed by atoms with van der Waals surface area (Å²) in [5.41, 5.74) is 0.718. The van der Waals surface area contributed by atoms with Crippen LogP contribution in [0.3, 0.4) is 0 Å². The molecule has 1 unspecified atom stereocenters. The molecule has 72 valence electrons. The van der Waals surface area contributed by atoms with E-state index < -0.39 is 0 Å². The van der Waals surface area contributed by atoms with E-state index in [2.05, 4.69) is 18.8 Å². The lowest BCUT2D eigenvalue weighted by atomic mass is 10.3. The summed E-state index contributed by atoms with van der Waals surface area (Å²) in [7, 11) is 0. The topological polar surface area (TPSA) is 32.9 Å². The van der Waals surface area contributed by atoms with Crippen LogP contribution < -0.4 is 0 Å². The first-order valence-electron chi connectivity index (χ1n) is 4.52. The van der Waals surface area contributed by atoms with Crippen LogP contribution in [0.5, 0.6) is 0 Å². The van der Waals surface area contributed by atoms with Gasteiger partial charge in [0, 0.05) is 11.4 Å². The number of ketones is 1. The van der Waals surface area contributed by atoms with Crippen molar-refractivity contribution in [3.8, 4) is 0 Å². The van der Waals surface area contributed by atoms with Gasteiger partial charge in [0.25, 0.3) is 0 Å². The van der Waals surface area contributed by atoms with Crippen LogP contribution in [0.4, 0.5) is 0 Å². The molecule has 1 aromatic rings. The van der Waals surface area contributed by atoms with Crippen molar-refractivity contribution in [2.75, 3.05) is 5.75 Å². The molecule has 1 N–H and O–H groups in total. The van der Waals surface area contributed by atoms with Crippen molar-refractivity contribution < 1.29 is 4.79 Å². The smallest absolute Gasteiger partial charge is 0.188 e. The van der Waals surface area contributed by atoms with Crippen LogP contribution in [0.1, 0.15) is 30.8 Å². The van der Waals surface area contributed by atoms with Crippen LogP contribution >= 0.6 is 11.8 Å². The Morgan fingerprint density at radius 2 is 2.46 bits per heavy atom. The van der Waals surface area contributed by atoms with Crippen molar-refractivity contribution in [2.24, 2.45) is 0 Å². The summed E-state index contributed by atoms with van der Waals surface area (Å²) in [5, 5.41) is 0.568. The SMILES string of the molecule is CCC(C)SCC(=O)c1ccc[nH]1. The molecule has 0 fully saturated rings. The lowest BCUT2D eigenvalue weighted by molar-refractivity contribution is 0.101. The van der Waals surface area contributed by atoms with Gasteiger partial charge in [0.2, 0.25) is 0 Å². The second-order valence-corrected chi connectivity index (χ2v) is 4.46. The van der Waals surface area contributed by atoms with Crippen LogP contribution in [0.2, 0.25) is 0 Å². The molecule has 1 heterocycles. The summed E-state index contributed by atoms with van der Waals surface area (Å²) >= 11 is 1.71. The maximum Gasteiger partial charge on any atom is 0.188 e.